The lowest BCUT2D eigenvalue weighted by Gasteiger charge is -2.12. The Bertz CT molecular complexity index is 961. The number of ether oxygens (including phenoxy) is 1. The molecular weight excluding hydrogens is 398 g/mol. The second-order valence-electron chi connectivity index (χ2n) is 6.01. The number of rotatable bonds is 7. The Morgan fingerprint density at radius 3 is 2.71 bits per heavy atom. The molecule has 0 fully saturated rings. The Morgan fingerprint density at radius 2 is 2.04 bits per heavy atom. The summed E-state index contributed by atoms with van der Waals surface area (Å²) in [5, 5.41) is 11.8. The molecule has 3 rings (SSSR count). The first kappa shape index (κ1) is 20.0. The van der Waals surface area contributed by atoms with Crippen LogP contribution in [0.4, 0.5) is 0 Å². The van der Waals surface area contributed by atoms with Crippen LogP contribution in [0.5, 0.6) is 5.75 Å². The van der Waals surface area contributed by atoms with E-state index in [2.05, 4.69) is 15.5 Å². The van der Waals surface area contributed by atoms with E-state index in [-0.39, 0.29) is 5.91 Å². The Morgan fingerprint density at radius 1 is 1.29 bits per heavy atom. The number of aromatic nitrogens is 3. The zero-order valence-electron chi connectivity index (χ0n) is 15.4. The third kappa shape index (κ3) is 4.76. The first-order valence-electron chi connectivity index (χ1n) is 8.51. The average molecular weight is 418 g/mol. The van der Waals surface area contributed by atoms with Crippen LogP contribution >= 0.6 is 23.4 Å². The van der Waals surface area contributed by atoms with Crippen LogP contribution in [-0.4, -0.2) is 33.1 Å². The predicted octanol–water partition coefficient (Wildman–Crippen LogP) is 3.12. The molecule has 1 heterocycles. The quantitative estimate of drug-likeness (QED) is 0.453. The molecule has 1 atom stereocenters. The maximum atomic E-state index is 12.4. The first-order chi connectivity index (χ1) is 13.5. The van der Waals surface area contributed by atoms with Gasteiger partial charge in [-0.05, 0) is 36.8 Å². The predicted molar refractivity (Wildman–Crippen MR) is 111 cm³/mol. The van der Waals surface area contributed by atoms with E-state index in [1.807, 2.05) is 36.4 Å². The maximum Gasteiger partial charge on any atom is 0.233 e. The SMILES string of the molecule is COc1ccc(CNC(=O)[C@H](C)Sc2nnc(-c3cccc(Cl)c3)n2N)cc1. The molecule has 28 heavy (non-hydrogen) atoms. The number of nitrogens with one attached hydrogen (secondary N) is 1. The molecule has 1 amide bonds. The lowest BCUT2D eigenvalue weighted by atomic mass is 10.2. The zero-order chi connectivity index (χ0) is 20.1. The van der Waals surface area contributed by atoms with Crippen LogP contribution < -0.4 is 15.9 Å². The van der Waals surface area contributed by atoms with Gasteiger partial charge in [-0.3, -0.25) is 4.79 Å². The number of methoxy groups -OCH3 is 1. The highest BCUT2D eigenvalue weighted by molar-refractivity contribution is 8.00. The van der Waals surface area contributed by atoms with Crippen LogP contribution in [0.15, 0.2) is 53.7 Å². The number of benzene rings is 2. The van der Waals surface area contributed by atoms with Crippen LogP contribution in [-0.2, 0) is 11.3 Å². The third-order valence-electron chi connectivity index (χ3n) is 4.02. The minimum Gasteiger partial charge on any atom is -0.497 e. The van der Waals surface area contributed by atoms with Crippen molar-refractivity contribution in [3.63, 3.8) is 0 Å². The summed E-state index contributed by atoms with van der Waals surface area (Å²) >= 11 is 7.26. The molecule has 0 spiro atoms. The summed E-state index contributed by atoms with van der Waals surface area (Å²) in [4.78, 5) is 12.4. The highest BCUT2D eigenvalue weighted by Crippen LogP contribution is 2.26. The Balaban J connectivity index is 1.60. The number of nitrogen functional groups attached to an aromatic ring is 1. The highest BCUT2D eigenvalue weighted by Gasteiger charge is 2.20. The van der Waals surface area contributed by atoms with E-state index in [1.165, 1.54) is 16.4 Å². The summed E-state index contributed by atoms with van der Waals surface area (Å²) in [5.41, 5.74) is 1.74. The van der Waals surface area contributed by atoms with Crippen LogP contribution in [0.2, 0.25) is 5.02 Å². The largest absolute Gasteiger partial charge is 0.497 e. The van der Waals surface area contributed by atoms with E-state index < -0.39 is 5.25 Å². The fraction of sp³-hybridized carbons (Fsp3) is 0.211. The summed E-state index contributed by atoms with van der Waals surface area (Å²) in [5.74, 6) is 7.25. The van der Waals surface area contributed by atoms with Gasteiger partial charge in [-0.15, -0.1) is 10.2 Å². The lowest BCUT2D eigenvalue weighted by molar-refractivity contribution is -0.120. The number of nitrogens with two attached hydrogens (primary N) is 1. The van der Waals surface area contributed by atoms with Crippen LogP contribution in [0, 0.1) is 0 Å². The van der Waals surface area contributed by atoms with E-state index in [4.69, 9.17) is 22.2 Å². The molecule has 9 heteroatoms. The smallest absolute Gasteiger partial charge is 0.233 e. The topological polar surface area (TPSA) is 95.1 Å². The van der Waals surface area contributed by atoms with Gasteiger partial charge in [0.2, 0.25) is 11.1 Å². The second kappa shape index (κ2) is 8.99. The zero-order valence-corrected chi connectivity index (χ0v) is 17.0. The van der Waals surface area contributed by atoms with Gasteiger partial charge in [0.1, 0.15) is 5.75 Å². The summed E-state index contributed by atoms with van der Waals surface area (Å²) in [7, 11) is 1.61. The fourth-order valence-corrected chi connectivity index (χ4v) is 3.45. The van der Waals surface area contributed by atoms with E-state index in [1.54, 1.807) is 26.2 Å². The minimum absolute atomic E-state index is 0.117. The molecule has 3 aromatic rings. The molecule has 0 saturated heterocycles. The number of hydrogen-bond donors (Lipinski definition) is 2. The van der Waals surface area contributed by atoms with Crippen LogP contribution in [0.3, 0.4) is 0 Å². The summed E-state index contributed by atoms with van der Waals surface area (Å²) in [6.45, 7) is 2.22. The van der Waals surface area contributed by atoms with E-state index in [0.29, 0.717) is 22.5 Å². The molecule has 7 nitrogen and oxygen atoms in total. The number of carbonyl (C=O) groups is 1. The standard InChI is InChI=1S/C19H20ClN5O2S/c1-12(18(26)22-11-13-6-8-16(27-2)9-7-13)28-19-24-23-17(25(19)21)14-4-3-5-15(20)10-14/h3-10,12H,11,21H2,1-2H3,(H,22,26)/t12-/m0/s1. The normalized spacial score (nSPS) is 11.8. The summed E-state index contributed by atoms with van der Waals surface area (Å²) in [6, 6.07) is 14.7. The van der Waals surface area contributed by atoms with Gasteiger partial charge >= 0.3 is 0 Å². The van der Waals surface area contributed by atoms with E-state index >= 15 is 0 Å². The van der Waals surface area contributed by atoms with Gasteiger partial charge in [-0.25, -0.2) is 4.68 Å². The van der Waals surface area contributed by atoms with Crippen LogP contribution in [0.1, 0.15) is 12.5 Å². The Hall–Kier alpha value is -2.71. The Kier molecular flexibility index (Phi) is 6.43. The average Bonchev–Trinajstić information content (AvgIpc) is 3.06. The molecule has 0 aliphatic heterocycles. The number of carbonyl (C=O) groups excluding carboxylic acids is 1. The number of hydrogen-bond acceptors (Lipinski definition) is 6. The van der Waals surface area contributed by atoms with Crippen molar-refractivity contribution in [1.82, 2.24) is 20.2 Å². The molecule has 3 N–H and O–H groups in total. The number of nitrogens with zero attached hydrogens (tertiary/aromatic N) is 3. The lowest BCUT2D eigenvalue weighted by Crippen LogP contribution is -2.30. The summed E-state index contributed by atoms with van der Waals surface area (Å²) < 4.78 is 6.49. The molecule has 0 radical (unpaired) electrons. The molecule has 146 valence electrons. The minimum atomic E-state index is -0.392. The number of amides is 1. The maximum absolute atomic E-state index is 12.4. The molecule has 0 aliphatic rings. The van der Waals surface area contributed by atoms with Crippen molar-refractivity contribution in [3.8, 4) is 17.1 Å². The van der Waals surface area contributed by atoms with Gasteiger partial charge in [0.05, 0.1) is 12.4 Å². The van der Waals surface area contributed by atoms with Gasteiger partial charge in [0.15, 0.2) is 5.82 Å². The first-order valence-corrected chi connectivity index (χ1v) is 9.77. The van der Waals surface area contributed by atoms with Crippen LogP contribution in [0.25, 0.3) is 11.4 Å². The molecular formula is C19H20ClN5O2S. The highest BCUT2D eigenvalue weighted by atomic mass is 35.5. The van der Waals surface area contributed by atoms with Gasteiger partial charge in [-0.1, -0.05) is 47.6 Å². The van der Waals surface area contributed by atoms with Crippen molar-refractivity contribution in [1.29, 1.82) is 0 Å². The molecule has 1 aromatic heterocycles. The van der Waals surface area contributed by atoms with Crippen molar-refractivity contribution >= 4 is 29.3 Å². The second-order valence-corrected chi connectivity index (χ2v) is 7.76. The van der Waals surface area contributed by atoms with Gasteiger partial charge < -0.3 is 15.9 Å². The van der Waals surface area contributed by atoms with Gasteiger partial charge in [0.25, 0.3) is 0 Å². The van der Waals surface area contributed by atoms with E-state index in [9.17, 15) is 4.79 Å². The van der Waals surface area contributed by atoms with Crippen molar-refractivity contribution < 1.29 is 9.53 Å². The monoisotopic (exact) mass is 417 g/mol. The molecule has 0 unspecified atom stereocenters. The van der Waals surface area contributed by atoms with Crippen molar-refractivity contribution in [2.45, 2.75) is 23.9 Å². The molecule has 0 aliphatic carbocycles. The number of thioether (sulfide) groups is 1. The van der Waals surface area contributed by atoms with Crippen molar-refractivity contribution in [3.05, 3.63) is 59.1 Å². The molecule has 0 saturated carbocycles. The van der Waals surface area contributed by atoms with Gasteiger partial charge in [-0.2, -0.15) is 0 Å². The summed E-state index contributed by atoms with van der Waals surface area (Å²) in [6.07, 6.45) is 0. The third-order valence-corrected chi connectivity index (χ3v) is 5.32. The molecule has 2 aromatic carbocycles. The fourth-order valence-electron chi connectivity index (χ4n) is 2.47. The van der Waals surface area contributed by atoms with Crippen molar-refractivity contribution in [2.75, 3.05) is 13.0 Å². The van der Waals surface area contributed by atoms with Gasteiger partial charge in [0, 0.05) is 17.1 Å². The molecule has 0 bridgehead atoms. The number of halogens is 1. The van der Waals surface area contributed by atoms with E-state index in [0.717, 1.165) is 16.9 Å². The van der Waals surface area contributed by atoms with Crippen molar-refractivity contribution in [2.24, 2.45) is 0 Å². The Labute approximate surface area is 172 Å².